The van der Waals surface area contributed by atoms with E-state index in [4.69, 9.17) is 5.73 Å². The lowest BCUT2D eigenvalue weighted by Crippen LogP contribution is -2.46. The first-order chi connectivity index (χ1) is 7.95. The van der Waals surface area contributed by atoms with Gasteiger partial charge in [-0.25, -0.2) is 8.42 Å². The third-order valence-electron chi connectivity index (χ3n) is 3.06. The van der Waals surface area contributed by atoms with Gasteiger partial charge in [-0.3, -0.25) is 0 Å². The molecular weight excluding hydrogens is 240 g/mol. The molecule has 94 valence electrons. The minimum Gasteiger partial charge on any atom is -0.508 e. The second-order valence-corrected chi connectivity index (χ2v) is 6.68. The fourth-order valence-corrected chi connectivity index (χ4v) is 4.10. The average Bonchev–Trinajstić information content (AvgIpc) is 2.59. The lowest BCUT2D eigenvalue weighted by atomic mass is 9.99. The molecule has 1 aromatic carbocycles. The van der Waals surface area contributed by atoms with Crippen LogP contribution in [0.2, 0.25) is 0 Å². The molecule has 0 aromatic heterocycles. The van der Waals surface area contributed by atoms with Crippen LogP contribution in [0.4, 0.5) is 5.69 Å². The van der Waals surface area contributed by atoms with Crippen LogP contribution in [-0.4, -0.2) is 37.1 Å². The van der Waals surface area contributed by atoms with E-state index >= 15 is 0 Å². The summed E-state index contributed by atoms with van der Waals surface area (Å²) in [5, 5.41) is 12.3. The van der Waals surface area contributed by atoms with Gasteiger partial charge in [0.15, 0.2) is 9.84 Å². The summed E-state index contributed by atoms with van der Waals surface area (Å²) < 4.78 is 23.0. The third-order valence-corrected chi connectivity index (χ3v) is 4.87. The second-order valence-electron chi connectivity index (χ2n) is 4.50. The standard InChI is InChI=1S/C11H16N2O3S/c12-7-11(5-6-17(15,16)8-11)13-9-1-3-10(14)4-2-9/h1-4,13-14H,5-8,12H2. The summed E-state index contributed by atoms with van der Waals surface area (Å²) in [5.74, 6) is 0.420. The molecule has 0 saturated carbocycles. The fourth-order valence-electron chi connectivity index (χ4n) is 2.08. The molecule has 0 radical (unpaired) electrons. The molecule has 1 unspecified atom stereocenters. The summed E-state index contributed by atoms with van der Waals surface area (Å²) in [6.07, 6.45) is 0.521. The normalized spacial score (nSPS) is 26.9. The van der Waals surface area contributed by atoms with Gasteiger partial charge in [-0.1, -0.05) is 0 Å². The van der Waals surface area contributed by atoms with Crippen molar-refractivity contribution in [3.05, 3.63) is 24.3 Å². The van der Waals surface area contributed by atoms with Crippen molar-refractivity contribution in [2.24, 2.45) is 5.73 Å². The van der Waals surface area contributed by atoms with Crippen molar-refractivity contribution >= 4 is 15.5 Å². The van der Waals surface area contributed by atoms with Crippen molar-refractivity contribution in [3.8, 4) is 5.75 Å². The van der Waals surface area contributed by atoms with Gasteiger partial charge in [0.25, 0.3) is 0 Å². The molecule has 1 atom stereocenters. The van der Waals surface area contributed by atoms with Crippen LogP contribution < -0.4 is 11.1 Å². The Labute approximate surface area is 101 Å². The third kappa shape index (κ3) is 2.70. The Bertz CT molecular complexity index is 498. The van der Waals surface area contributed by atoms with Crippen molar-refractivity contribution in [3.63, 3.8) is 0 Å². The topological polar surface area (TPSA) is 92.4 Å². The molecular formula is C11H16N2O3S. The lowest BCUT2D eigenvalue weighted by Gasteiger charge is -2.28. The molecule has 1 heterocycles. The van der Waals surface area contributed by atoms with E-state index in [0.717, 1.165) is 5.69 Å². The molecule has 5 nitrogen and oxygen atoms in total. The largest absolute Gasteiger partial charge is 0.508 e. The number of nitrogens with two attached hydrogens (primary N) is 1. The fraction of sp³-hybridized carbons (Fsp3) is 0.455. The zero-order valence-electron chi connectivity index (χ0n) is 9.39. The van der Waals surface area contributed by atoms with Gasteiger partial charge in [0.1, 0.15) is 5.75 Å². The lowest BCUT2D eigenvalue weighted by molar-refractivity contribution is 0.475. The summed E-state index contributed by atoms with van der Waals surface area (Å²) in [6, 6.07) is 6.52. The van der Waals surface area contributed by atoms with E-state index in [9.17, 15) is 13.5 Å². The van der Waals surface area contributed by atoms with Crippen LogP contribution in [0.1, 0.15) is 6.42 Å². The number of sulfone groups is 1. The van der Waals surface area contributed by atoms with Gasteiger partial charge in [0.05, 0.1) is 17.0 Å². The Morgan fingerprint density at radius 1 is 1.35 bits per heavy atom. The van der Waals surface area contributed by atoms with Crippen molar-refractivity contribution < 1.29 is 13.5 Å². The highest BCUT2D eigenvalue weighted by molar-refractivity contribution is 7.91. The maximum absolute atomic E-state index is 11.5. The number of phenols is 1. The van der Waals surface area contributed by atoms with Gasteiger partial charge < -0.3 is 16.2 Å². The van der Waals surface area contributed by atoms with Crippen molar-refractivity contribution in [2.45, 2.75) is 12.0 Å². The van der Waals surface area contributed by atoms with E-state index in [1.807, 2.05) is 0 Å². The highest BCUT2D eigenvalue weighted by Gasteiger charge is 2.41. The Morgan fingerprint density at radius 3 is 2.47 bits per heavy atom. The maximum Gasteiger partial charge on any atom is 0.152 e. The summed E-state index contributed by atoms with van der Waals surface area (Å²) in [7, 11) is -2.99. The molecule has 1 fully saturated rings. The Morgan fingerprint density at radius 2 is 2.00 bits per heavy atom. The van der Waals surface area contributed by atoms with Crippen LogP contribution in [0.3, 0.4) is 0 Å². The van der Waals surface area contributed by atoms with Crippen LogP contribution in [0.5, 0.6) is 5.75 Å². The molecule has 1 aliphatic rings. The molecule has 1 aromatic rings. The molecule has 0 bridgehead atoms. The Balaban J connectivity index is 2.18. The minimum absolute atomic E-state index is 0.0668. The average molecular weight is 256 g/mol. The van der Waals surface area contributed by atoms with Crippen LogP contribution in [0.25, 0.3) is 0 Å². The number of aromatic hydroxyl groups is 1. The van der Waals surface area contributed by atoms with Crippen molar-refractivity contribution in [2.75, 3.05) is 23.4 Å². The number of nitrogens with one attached hydrogen (secondary N) is 1. The van der Waals surface area contributed by atoms with Gasteiger partial charge in [0, 0.05) is 12.2 Å². The molecule has 0 amide bonds. The predicted molar refractivity (Wildman–Crippen MR) is 66.8 cm³/mol. The number of hydrogen-bond acceptors (Lipinski definition) is 5. The zero-order chi connectivity index (χ0) is 12.5. The predicted octanol–water partition coefficient (Wildman–Crippen LogP) is 0.320. The van der Waals surface area contributed by atoms with Crippen molar-refractivity contribution in [1.29, 1.82) is 0 Å². The minimum atomic E-state index is -2.99. The number of phenolic OH excluding ortho intramolecular Hbond substituents is 1. The molecule has 1 saturated heterocycles. The smallest absolute Gasteiger partial charge is 0.152 e. The summed E-state index contributed by atoms with van der Waals surface area (Å²) in [4.78, 5) is 0. The highest BCUT2D eigenvalue weighted by Crippen LogP contribution is 2.27. The van der Waals surface area contributed by atoms with Gasteiger partial charge >= 0.3 is 0 Å². The van der Waals surface area contributed by atoms with Crippen LogP contribution >= 0.6 is 0 Å². The van der Waals surface area contributed by atoms with Crippen LogP contribution in [0, 0.1) is 0 Å². The molecule has 1 aliphatic heterocycles. The monoisotopic (exact) mass is 256 g/mol. The quantitative estimate of drug-likeness (QED) is 0.677. The van der Waals surface area contributed by atoms with E-state index in [0.29, 0.717) is 6.42 Å². The van der Waals surface area contributed by atoms with E-state index in [-0.39, 0.29) is 23.8 Å². The van der Waals surface area contributed by atoms with Crippen LogP contribution in [-0.2, 0) is 9.84 Å². The maximum atomic E-state index is 11.5. The molecule has 17 heavy (non-hydrogen) atoms. The first kappa shape index (κ1) is 12.2. The number of anilines is 1. The summed E-state index contributed by atoms with van der Waals surface area (Å²) in [5.41, 5.74) is 5.89. The zero-order valence-corrected chi connectivity index (χ0v) is 10.2. The van der Waals surface area contributed by atoms with E-state index < -0.39 is 15.4 Å². The number of rotatable bonds is 3. The van der Waals surface area contributed by atoms with Gasteiger partial charge in [-0.05, 0) is 30.7 Å². The van der Waals surface area contributed by atoms with E-state index in [1.54, 1.807) is 24.3 Å². The molecule has 2 rings (SSSR count). The van der Waals surface area contributed by atoms with Gasteiger partial charge in [-0.2, -0.15) is 0 Å². The molecule has 0 spiro atoms. The highest BCUT2D eigenvalue weighted by atomic mass is 32.2. The SMILES string of the molecule is NCC1(Nc2ccc(O)cc2)CCS(=O)(=O)C1. The van der Waals surface area contributed by atoms with Crippen molar-refractivity contribution in [1.82, 2.24) is 0 Å². The molecule has 0 aliphatic carbocycles. The Kier molecular flexibility index (Phi) is 3.01. The first-order valence-corrected chi connectivity index (χ1v) is 7.25. The van der Waals surface area contributed by atoms with E-state index in [1.165, 1.54) is 0 Å². The molecule has 4 N–H and O–H groups in total. The number of hydrogen-bond donors (Lipinski definition) is 3. The molecule has 6 heteroatoms. The van der Waals surface area contributed by atoms with Gasteiger partial charge in [-0.15, -0.1) is 0 Å². The second kappa shape index (κ2) is 4.19. The summed E-state index contributed by atoms with van der Waals surface area (Å²) in [6.45, 7) is 0.271. The van der Waals surface area contributed by atoms with Gasteiger partial charge in [0.2, 0.25) is 0 Å². The Hall–Kier alpha value is -1.27. The summed E-state index contributed by atoms with van der Waals surface area (Å²) >= 11 is 0. The first-order valence-electron chi connectivity index (χ1n) is 5.42. The van der Waals surface area contributed by atoms with E-state index in [2.05, 4.69) is 5.32 Å². The van der Waals surface area contributed by atoms with Crippen LogP contribution in [0.15, 0.2) is 24.3 Å². The number of benzene rings is 1.